The normalized spacial score (nSPS) is 12.8. The van der Waals surface area contributed by atoms with Gasteiger partial charge in [0, 0.05) is 18.1 Å². The molecule has 2 aromatic rings. The zero-order valence-corrected chi connectivity index (χ0v) is 10.4. The van der Waals surface area contributed by atoms with Gasteiger partial charge in [-0.1, -0.05) is 6.92 Å². The molecule has 0 aliphatic carbocycles. The Kier molecular flexibility index (Phi) is 3.33. The number of thioether (sulfide) groups is 1. The van der Waals surface area contributed by atoms with Crippen molar-refractivity contribution in [1.29, 1.82) is 0 Å². The van der Waals surface area contributed by atoms with Crippen LogP contribution in [0, 0.1) is 12.8 Å². The van der Waals surface area contributed by atoms with Gasteiger partial charge in [-0.25, -0.2) is 9.50 Å². The summed E-state index contributed by atoms with van der Waals surface area (Å²) in [6, 6.07) is 1.95. The molecule has 5 nitrogen and oxygen atoms in total. The van der Waals surface area contributed by atoms with Crippen LogP contribution in [0.1, 0.15) is 12.6 Å². The first kappa shape index (κ1) is 11.9. The molecule has 2 rings (SSSR count). The quantitative estimate of drug-likeness (QED) is 0.840. The van der Waals surface area contributed by atoms with E-state index < -0.39 is 5.97 Å². The van der Waals surface area contributed by atoms with Gasteiger partial charge in [0.1, 0.15) is 5.03 Å². The minimum Gasteiger partial charge on any atom is -0.481 e. The van der Waals surface area contributed by atoms with Gasteiger partial charge in [0.15, 0.2) is 0 Å². The highest BCUT2D eigenvalue weighted by Crippen LogP contribution is 2.23. The van der Waals surface area contributed by atoms with E-state index in [2.05, 4.69) is 10.1 Å². The van der Waals surface area contributed by atoms with Crippen molar-refractivity contribution in [2.24, 2.45) is 5.92 Å². The van der Waals surface area contributed by atoms with Crippen LogP contribution in [0.2, 0.25) is 0 Å². The summed E-state index contributed by atoms with van der Waals surface area (Å²) in [5.41, 5.74) is 1.85. The van der Waals surface area contributed by atoms with Crippen molar-refractivity contribution in [3.8, 4) is 0 Å². The molecule has 0 fully saturated rings. The second-order valence-corrected chi connectivity index (χ2v) is 4.91. The van der Waals surface area contributed by atoms with Gasteiger partial charge < -0.3 is 5.11 Å². The van der Waals surface area contributed by atoms with Gasteiger partial charge in [-0.2, -0.15) is 5.10 Å². The van der Waals surface area contributed by atoms with E-state index in [1.54, 1.807) is 23.8 Å². The molecule has 6 heteroatoms. The molecule has 2 aromatic heterocycles. The SMILES string of the molecule is Cc1cc2c(SCC(C)C(=O)O)nccn2n1. The Labute approximate surface area is 103 Å². The lowest BCUT2D eigenvalue weighted by Gasteiger charge is -2.05. The molecule has 1 atom stereocenters. The average Bonchev–Trinajstić information content (AvgIpc) is 2.66. The van der Waals surface area contributed by atoms with Crippen LogP contribution < -0.4 is 0 Å². The largest absolute Gasteiger partial charge is 0.481 e. The molecule has 0 saturated carbocycles. The third kappa shape index (κ3) is 2.58. The number of carboxylic acids is 1. The third-order valence-corrected chi connectivity index (χ3v) is 3.62. The van der Waals surface area contributed by atoms with E-state index in [1.807, 2.05) is 13.0 Å². The molecule has 90 valence electrons. The predicted octanol–water partition coefficient (Wildman–Crippen LogP) is 1.85. The number of fused-ring (bicyclic) bond motifs is 1. The molecule has 0 saturated heterocycles. The molecule has 0 aromatic carbocycles. The minimum atomic E-state index is -0.783. The number of carbonyl (C=O) groups is 1. The first-order valence-corrected chi connectivity index (χ1v) is 6.23. The Balaban J connectivity index is 2.21. The molecule has 0 amide bonds. The fraction of sp³-hybridized carbons (Fsp3) is 0.364. The van der Waals surface area contributed by atoms with Gasteiger partial charge >= 0.3 is 5.97 Å². The van der Waals surface area contributed by atoms with Crippen LogP contribution in [0.5, 0.6) is 0 Å². The van der Waals surface area contributed by atoms with Crippen molar-refractivity contribution in [1.82, 2.24) is 14.6 Å². The monoisotopic (exact) mass is 251 g/mol. The fourth-order valence-electron chi connectivity index (χ4n) is 1.41. The maximum absolute atomic E-state index is 10.7. The van der Waals surface area contributed by atoms with E-state index in [-0.39, 0.29) is 5.92 Å². The summed E-state index contributed by atoms with van der Waals surface area (Å²) >= 11 is 1.45. The number of hydrogen-bond donors (Lipinski definition) is 1. The lowest BCUT2D eigenvalue weighted by Crippen LogP contribution is -2.11. The summed E-state index contributed by atoms with van der Waals surface area (Å²) in [6.07, 6.45) is 3.46. The number of aliphatic carboxylic acids is 1. The van der Waals surface area contributed by atoms with Gasteiger partial charge in [0.25, 0.3) is 0 Å². The lowest BCUT2D eigenvalue weighted by molar-refractivity contribution is -0.140. The zero-order valence-electron chi connectivity index (χ0n) is 9.62. The number of rotatable bonds is 4. The van der Waals surface area contributed by atoms with Crippen molar-refractivity contribution >= 4 is 23.2 Å². The minimum absolute atomic E-state index is 0.383. The molecule has 1 N–H and O–H groups in total. The predicted molar refractivity (Wildman–Crippen MR) is 65.2 cm³/mol. The van der Waals surface area contributed by atoms with Gasteiger partial charge in [-0.05, 0) is 13.0 Å². The van der Waals surface area contributed by atoms with Crippen LogP contribution in [0.25, 0.3) is 5.52 Å². The first-order chi connectivity index (χ1) is 8.08. The Bertz CT molecular complexity index is 553. The van der Waals surface area contributed by atoms with E-state index in [0.29, 0.717) is 5.75 Å². The Hall–Kier alpha value is -1.56. The summed E-state index contributed by atoms with van der Waals surface area (Å²) in [5, 5.41) is 13.9. The number of aryl methyl sites for hydroxylation is 1. The molecule has 0 bridgehead atoms. The third-order valence-electron chi connectivity index (χ3n) is 2.37. The van der Waals surface area contributed by atoms with Crippen LogP contribution in [0.15, 0.2) is 23.5 Å². The number of aromatic nitrogens is 3. The van der Waals surface area contributed by atoms with Crippen LogP contribution in [0.4, 0.5) is 0 Å². The van der Waals surface area contributed by atoms with Crippen molar-refractivity contribution in [2.45, 2.75) is 18.9 Å². The fourth-order valence-corrected chi connectivity index (χ4v) is 2.39. The van der Waals surface area contributed by atoms with Crippen LogP contribution >= 0.6 is 11.8 Å². The van der Waals surface area contributed by atoms with E-state index in [9.17, 15) is 4.79 Å². The van der Waals surface area contributed by atoms with Gasteiger partial charge in [-0.15, -0.1) is 11.8 Å². The van der Waals surface area contributed by atoms with E-state index in [4.69, 9.17) is 5.11 Å². The van der Waals surface area contributed by atoms with Gasteiger partial charge in [0.2, 0.25) is 0 Å². The van der Waals surface area contributed by atoms with Crippen LogP contribution in [-0.4, -0.2) is 31.4 Å². The van der Waals surface area contributed by atoms with Crippen LogP contribution in [0.3, 0.4) is 0 Å². The first-order valence-electron chi connectivity index (χ1n) is 5.24. The van der Waals surface area contributed by atoms with Crippen LogP contribution in [-0.2, 0) is 4.79 Å². The second-order valence-electron chi connectivity index (χ2n) is 3.90. The molecule has 0 spiro atoms. The summed E-state index contributed by atoms with van der Waals surface area (Å²) in [4.78, 5) is 15.0. The smallest absolute Gasteiger partial charge is 0.307 e. The van der Waals surface area contributed by atoms with E-state index >= 15 is 0 Å². The average molecular weight is 251 g/mol. The Morgan fingerprint density at radius 2 is 2.41 bits per heavy atom. The number of hydrogen-bond acceptors (Lipinski definition) is 4. The van der Waals surface area contributed by atoms with Crippen molar-refractivity contribution < 1.29 is 9.90 Å². The Morgan fingerprint density at radius 1 is 1.65 bits per heavy atom. The molecule has 2 heterocycles. The van der Waals surface area contributed by atoms with E-state index in [0.717, 1.165) is 16.2 Å². The Morgan fingerprint density at radius 3 is 3.12 bits per heavy atom. The highest BCUT2D eigenvalue weighted by Gasteiger charge is 2.13. The summed E-state index contributed by atoms with van der Waals surface area (Å²) in [6.45, 7) is 3.61. The molecule has 0 aliphatic rings. The van der Waals surface area contributed by atoms with Gasteiger partial charge in [0.05, 0.1) is 17.1 Å². The standard InChI is InChI=1S/C11H13N3O2S/c1-7(11(15)16)6-17-10-9-5-8(2)13-14(9)4-3-12-10/h3-5,7H,6H2,1-2H3,(H,15,16). The molecule has 17 heavy (non-hydrogen) atoms. The van der Waals surface area contributed by atoms with Crippen molar-refractivity contribution in [2.75, 3.05) is 5.75 Å². The maximum atomic E-state index is 10.7. The number of nitrogens with zero attached hydrogens (tertiary/aromatic N) is 3. The molecule has 0 aliphatic heterocycles. The number of carboxylic acid groups (broad SMARTS) is 1. The van der Waals surface area contributed by atoms with Crippen molar-refractivity contribution in [3.63, 3.8) is 0 Å². The molecule has 0 radical (unpaired) electrons. The molecule has 1 unspecified atom stereocenters. The van der Waals surface area contributed by atoms with Gasteiger partial charge in [-0.3, -0.25) is 4.79 Å². The molecular formula is C11H13N3O2S. The summed E-state index contributed by atoms with van der Waals surface area (Å²) < 4.78 is 1.76. The zero-order chi connectivity index (χ0) is 12.4. The topological polar surface area (TPSA) is 67.5 Å². The highest BCUT2D eigenvalue weighted by molar-refractivity contribution is 7.99. The maximum Gasteiger partial charge on any atom is 0.307 e. The lowest BCUT2D eigenvalue weighted by atomic mass is 10.2. The molecular weight excluding hydrogens is 238 g/mol. The summed E-state index contributed by atoms with van der Waals surface area (Å²) in [5.74, 6) is -0.660. The van der Waals surface area contributed by atoms with E-state index in [1.165, 1.54) is 11.8 Å². The summed E-state index contributed by atoms with van der Waals surface area (Å²) in [7, 11) is 0. The second kappa shape index (κ2) is 4.75. The van der Waals surface area contributed by atoms with Crippen molar-refractivity contribution in [3.05, 3.63) is 24.2 Å². The highest BCUT2D eigenvalue weighted by atomic mass is 32.2.